The molecule has 1 fully saturated rings. The van der Waals surface area contributed by atoms with Crippen LogP contribution in [0.2, 0.25) is 0 Å². The number of hydrogen-bond donors (Lipinski definition) is 0. The third-order valence-corrected chi connectivity index (χ3v) is 30.1. The molecule has 5 heteroatoms. The minimum absolute atomic E-state index is 0.0152. The van der Waals surface area contributed by atoms with Crippen molar-refractivity contribution in [2.24, 2.45) is 10.8 Å². The van der Waals surface area contributed by atoms with Crippen molar-refractivity contribution in [2.75, 3.05) is 14.7 Å². The molecular formula is C92H102BN3Si. The van der Waals surface area contributed by atoms with E-state index in [9.17, 15) is 0 Å². The van der Waals surface area contributed by atoms with Crippen LogP contribution in [-0.4, -0.2) is 20.3 Å². The molecule has 2 aliphatic carbocycles. The highest BCUT2D eigenvalue weighted by Gasteiger charge is 2.66. The molecule has 3 aliphatic heterocycles. The lowest BCUT2D eigenvalue weighted by molar-refractivity contribution is -0.0311. The summed E-state index contributed by atoms with van der Waals surface area (Å²) >= 11 is 0. The summed E-state index contributed by atoms with van der Waals surface area (Å²) in [7, 11) is -2.91. The summed E-state index contributed by atoms with van der Waals surface area (Å²) in [6, 6.07) is 89.2. The molecule has 0 spiro atoms. The van der Waals surface area contributed by atoms with Gasteiger partial charge in [0.05, 0.1) is 11.2 Å². The zero-order valence-electron chi connectivity index (χ0n) is 61.6. The highest BCUT2D eigenvalue weighted by molar-refractivity contribution is 7.20. The standard InChI is InChI=1S/C92H102BN3Si/c1-84(2,3)62-40-43-65(44-41-62)94-79-55-66(96-78-49-46-70(56-74(78)91(18)59-89(14,15)90(16,17)60-92(91,96)19)97(67-34-26-21-27-35-67,68-36-28-22-29-37-68)69-38-30-23-31-39-69)45-47-75(79)93-76-57-72-73(88(12,13)51-50-87(72,10)11)58-80(76)95(82-54-64(86(7,8)9)53-81(94)83(82)93)77-48-42-63(85(4,5)6)52-71(77)61-32-24-20-25-33-61/h20-49,52-58H,50-51,59-60H2,1-19H3. The van der Waals surface area contributed by atoms with Crippen LogP contribution in [-0.2, 0) is 32.5 Å². The summed E-state index contributed by atoms with van der Waals surface area (Å²) in [6.45, 7) is 46.8. The Morgan fingerprint density at radius 3 is 1.37 bits per heavy atom. The number of fused-ring (bicyclic) bond motifs is 8. The van der Waals surface area contributed by atoms with Gasteiger partial charge in [-0.25, -0.2) is 0 Å². The third kappa shape index (κ3) is 9.90. The first kappa shape index (κ1) is 64.9. The molecule has 2 atom stereocenters. The summed E-state index contributed by atoms with van der Waals surface area (Å²) < 4.78 is 0. The normalized spacial score (nSPS) is 20.3. The molecule has 0 N–H and O–H groups in total. The summed E-state index contributed by atoms with van der Waals surface area (Å²) in [6.07, 6.45) is 4.35. The SMILES string of the molecule is CC(C)(C)c1ccc(N2c3cc(N4c5ccc([Si](c6ccccc6)(c6ccccc6)c6ccccc6)cc5C5(C)CC(C)(C)C(C)(C)CC45C)ccc3B3c4cc5c(cc4N(c4ccc(C(C)(C)C)cc4-c4ccccc4)c4cc(C(C)(C)C)cc2c43)C(C)(C)CCC5(C)C)cc1. The maximum absolute atomic E-state index is 2.91. The average Bonchev–Trinajstić information content (AvgIpc) is 1.66. The van der Waals surface area contributed by atoms with Crippen molar-refractivity contribution in [1.82, 2.24) is 0 Å². The fraction of sp³-hybridized carbons (Fsp3) is 0.348. The van der Waals surface area contributed by atoms with Crippen LogP contribution in [0.3, 0.4) is 0 Å². The van der Waals surface area contributed by atoms with Gasteiger partial charge in [-0.05, 0) is 207 Å². The minimum Gasteiger partial charge on any atom is -0.334 e. The average molecular weight is 1290 g/mol. The van der Waals surface area contributed by atoms with Crippen molar-refractivity contribution in [1.29, 1.82) is 0 Å². The maximum Gasteiger partial charge on any atom is 0.252 e. The van der Waals surface area contributed by atoms with Crippen molar-refractivity contribution in [3.05, 3.63) is 258 Å². The van der Waals surface area contributed by atoms with E-state index < -0.39 is 8.07 Å². The Labute approximate surface area is 583 Å². The van der Waals surface area contributed by atoms with E-state index in [2.05, 4.69) is 371 Å². The predicted molar refractivity (Wildman–Crippen MR) is 422 cm³/mol. The van der Waals surface area contributed by atoms with Gasteiger partial charge < -0.3 is 14.7 Å². The van der Waals surface area contributed by atoms with E-state index in [1.54, 1.807) is 0 Å². The van der Waals surface area contributed by atoms with Gasteiger partial charge in [0.2, 0.25) is 0 Å². The Morgan fingerprint density at radius 1 is 0.351 bits per heavy atom. The van der Waals surface area contributed by atoms with Crippen LogP contribution in [0.25, 0.3) is 11.1 Å². The second-order valence-corrected chi connectivity index (χ2v) is 39.8. The van der Waals surface area contributed by atoms with Crippen LogP contribution in [0.1, 0.15) is 191 Å². The Morgan fingerprint density at radius 2 is 0.825 bits per heavy atom. The fourth-order valence-electron chi connectivity index (χ4n) is 18.8. The van der Waals surface area contributed by atoms with E-state index >= 15 is 0 Å². The quantitative estimate of drug-likeness (QED) is 0.111. The Kier molecular flexibility index (Phi) is 14.7. The van der Waals surface area contributed by atoms with Crippen molar-refractivity contribution in [3.8, 4) is 11.1 Å². The lowest BCUT2D eigenvalue weighted by atomic mass is 9.33. The molecule has 0 radical (unpaired) electrons. The molecule has 0 bridgehead atoms. The van der Waals surface area contributed by atoms with Crippen LogP contribution < -0.4 is 51.8 Å². The topological polar surface area (TPSA) is 9.72 Å². The maximum atomic E-state index is 2.87. The van der Waals surface area contributed by atoms with Gasteiger partial charge >= 0.3 is 0 Å². The summed E-state index contributed by atoms with van der Waals surface area (Å²) in [5, 5.41) is 5.64. The smallest absolute Gasteiger partial charge is 0.252 e. The summed E-state index contributed by atoms with van der Waals surface area (Å²) in [5.41, 5.74) is 24.2. The third-order valence-electron chi connectivity index (χ3n) is 25.3. The molecule has 5 aliphatic rings. The van der Waals surface area contributed by atoms with Gasteiger partial charge in [-0.3, -0.25) is 0 Å². The van der Waals surface area contributed by atoms with Gasteiger partial charge in [0.15, 0.2) is 8.07 Å². The molecule has 10 aromatic rings. The van der Waals surface area contributed by atoms with E-state index in [0.717, 1.165) is 25.7 Å². The van der Waals surface area contributed by atoms with Crippen molar-refractivity contribution < 1.29 is 0 Å². The predicted octanol–water partition coefficient (Wildman–Crippen LogP) is 20.1. The fourth-order valence-corrected chi connectivity index (χ4v) is 23.6. The highest BCUT2D eigenvalue weighted by Crippen LogP contribution is 2.68. The van der Waals surface area contributed by atoms with E-state index in [1.165, 1.54) is 127 Å². The Bertz CT molecular complexity index is 4640. The Balaban J connectivity index is 1.03. The number of anilines is 8. The number of hydrogen-bond acceptors (Lipinski definition) is 3. The second-order valence-electron chi connectivity index (χ2n) is 36.0. The molecule has 1 saturated carbocycles. The molecule has 97 heavy (non-hydrogen) atoms. The molecule has 0 aromatic heterocycles. The molecule has 3 nitrogen and oxygen atoms in total. The highest BCUT2D eigenvalue weighted by atomic mass is 28.3. The second kappa shape index (κ2) is 21.9. The lowest BCUT2D eigenvalue weighted by Crippen LogP contribution is -2.74. The largest absolute Gasteiger partial charge is 0.334 e. The molecule has 10 aromatic carbocycles. The molecule has 0 amide bonds. The van der Waals surface area contributed by atoms with Crippen LogP contribution in [0.5, 0.6) is 0 Å². The Hall–Kier alpha value is -8.12. The van der Waals surface area contributed by atoms with Gasteiger partial charge in [0, 0.05) is 50.8 Å². The van der Waals surface area contributed by atoms with Crippen LogP contribution in [0.15, 0.2) is 224 Å². The zero-order chi connectivity index (χ0) is 68.6. The van der Waals surface area contributed by atoms with Crippen LogP contribution in [0.4, 0.5) is 45.5 Å². The molecule has 2 unspecified atom stereocenters. The van der Waals surface area contributed by atoms with Crippen molar-refractivity contribution >= 4 is 97.4 Å². The zero-order valence-corrected chi connectivity index (χ0v) is 62.6. The van der Waals surface area contributed by atoms with Gasteiger partial charge in [0.25, 0.3) is 6.71 Å². The van der Waals surface area contributed by atoms with Crippen LogP contribution in [0, 0.1) is 10.8 Å². The first-order valence-electron chi connectivity index (χ1n) is 36.2. The first-order chi connectivity index (χ1) is 45.7. The summed E-state index contributed by atoms with van der Waals surface area (Å²) in [4.78, 5) is 8.32. The molecule has 15 rings (SSSR count). The van der Waals surface area contributed by atoms with E-state index in [-0.39, 0.29) is 55.6 Å². The van der Waals surface area contributed by atoms with E-state index in [0.29, 0.717) is 0 Å². The van der Waals surface area contributed by atoms with Crippen LogP contribution >= 0.6 is 0 Å². The van der Waals surface area contributed by atoms with Crippen molar-refractivity contribution in [3.63, 3.8) is 0 Å². The minimum atomic E-state index is -2.91. The lowest BCUT2D eigenvalue weighted by Gasteiger charge is -2.61. The molecule has 492 valence electrons. The summed E-state index contributed by atoms with van der Waals surface area (Å²) in [5.74, 6) is 0. The van der Waals surface area contributed by atoms with Crippen molar-refractivity contribution in [2.45, 2.75) is 195 Å². The van der Waals surface area contributed by atoms with Gasteiger partial charge in [0.1, 0.15) is 0 Å². The first-order valence-corrected chi connectivity index (χ1v) is 38.2. The van der Waals surface area contributed by atoms with Gasteiger partial charge in [-0.2, -0.15) is 0 Å². The number of nitrogens with zero attached hydrogens (tertiary/aromatic N) is 3. The molecule has 3 heterocycles. The van der Waals surface area contributed by atoms with E-state index in [4.69, 9.17) is 0 Å². The van der Waals surface area contributed by atoms with Gasteiger partial charge in [-0.15, -0.1) is 0 Å². The molecule has 0 saturated heterocycles. The molecular weight excluding hydrogens is 1190 g/mol. The van der Waals surface area contributed by atoms with E-state index in [1.807, 2.05) is 0 Å². The monoisotopic (exact) mass is 1290 g/mol. The van der Waals surface area contributed by atoms with Gasteiger partial charge in [-0.1, -0.05) is 288 Å². The number of benzene rings is 10. The number of rotatable bonds is 8.